The molecule has 11 heavy (non-hydrogen) atoms. The van der Waals surface area contributed by atoms with E-state index < -0.39 is 5.97 Å². The fourth-order valence-electron chi connectivity index (χ4n) is 0.598. The van der Waals surface area contributed by atoms with Crippen molar-refractivity contribution in [2.24, 2.45) is 0 Å². The molecule has 5 nitrogen and oxygen atoms in total. The van der Waals surface area contributed by atoms with Crippen molar-refractivity contribution < 1.29 is 19.1 Å². The molecule has 0 amide bonds. The van der Waals surface area contributed by atoms with Crippen molar-refractivity contribution in [3.63, 3.8) is 0 Å². The number of methoxy groups -OCH3 is 1. The predicted molar refractivity (Wildman–Crippen MR) is 34.4 cm³/mol. The molecule has 0 spiro atoms. The van der Waals surface area contributed by atoms with E-state index in [1.807, 2.05) is 0 Å². The lowest BCUT2D eigenvalue weighted by molar-refractivity contribution is -0.136. The monoisotopic (exact) mass is 157 g/mol. The first-order valence-electron chi connectivity index (χ1n) is 2.92. The number of nitrogens with zero attached hydrogens (tertiary/aromatic N) is 1. The van der Waals surface area contributed by atoms with E-state index in [0.29, 0.717) is 5.88 Å². The van der Waals surface area contributed by atoms with Crippen molar-refractivity contribution in [2.75, 3.05) is 7.11 Å². The molecule has 1 rings (SSSR count). The zero-order chi connectivity index (χ0) is 8.27. The first kappa shape index (κ1) is 7.59. The van der Waals surface area contributed by atoms with Crippen molar-refractivity contribution >= 4 is 5.97 Å². The van der Waals surface area contributed by atoms with E-state index in [1.54, 1.807) is 0 Å². The Morgan fingerprint density at radius 2 is 2.64 bits per heavy atom. The van der Waals surface area contributed by atoms with E-state index >= 15 is 0 Å². The van der Waals surface area contributed by atoms with Gasteiger partial charge in [-0.05, 0) is 0 Å². The van der Waals surface area contributed by atoms with Gasteiger partial charge in [0.2, 0.25) is 5.89 Å². The summed E-state index contributed by atoms with van der Waals surface area (Å²) < 4.78 is 9.43. The average molecular weight is 157 g/mol. The van der Waals surface area contributed by atoms with Gasteiger partial charge < -0.3 is 14.3 Å². The molecule has 5 heteroatoms. The van der Waals surface area contributed by atoms with Crippen LogP contribution in [0.5, 0.6) is 5.88 Å². The number of aromatic nitrogens is 1. The SMILES string of the molecule is COc1coc(CC(=O)O)n1. The van der Waals surface area contributed by atoms with Gasteiger partial charge in [-0.3, -0.25) is 4.79 Å². The number of aliphatic carboxylic acids is 1. The Balaban J connectivity index is 2.65. The summed E-state index contributed by atoms with van der Waals surface area (Å²) in [5.74, 6) is -0.537. The van der Waals surface area contributed by atoms with Gasteiger partial charge in [0.15, 0.2) is 6.26 Å². The summed E-state index contributed by atoms with van der Waals surface area (Å²) in [7, 11) is 1.43. The van der Waals surface area contributed by atoms with Crippen LogP contribution < -0.4 is 4.74 Å². The fourth-order valence-corrected chi connectivity index (χ4v) is 0.598. The minimum Gasteiger partial charge on any atom is -0.481 e. The third kappa shape index (κ3) is 1.96. The molecule has 0 saturated carbocycles. The maximum atomic E-state index is 10.1. The molecular formula is C6H7NO4. The topological polar surface area (TPSA) is 72.6 Å². The molecule has 0 saturated heterocycles. The summed E-state index contributed by atoms with van der Waals surface area (Å²) >= 11 is 0. The maximum absolute atomic E-state index is 10.1. The van der Waals surface area contributed by atoms with Gasteiger partial charge in [-0.2, -0.15) is 4.98 Å². The molecule has 0 unspecified atom stereocenters. The first-order chi connectivity index (χ1) is 5.22. The molecule has 0 aliphatic rings. The lowest BCUT2D eigenvalue weighted by atomic mass is 10.4. The van der Waals surface area contributed by atoms with Gasteiger partial charge in [0.1, 0.15) is 6.42 Å². The first-order valence-corrected chi connectivity index (χ1v) is 2.92. The normalized spacial score (nSPS) is 9.55. The van der Waals surface area contributed by atoms with Gasteiger partial charge in [-0.25, -0.2) is 0 Å². The lowest BCUT2D eigenvalue weighted by Crippen LogP contribution is -1.99. The second kappa shape index (κ2) is 3.05. The smallest absolute Gasteiger partial charge is 0.312 e. The molecule has 1 aromatic rings. The van der Waals surface area contributed by atoms with Crippen LogP contribution in [-0.2, 0) is 11.2 Å². The molecule has 60 valence electrons. The van der Waals surface area contributed by atoms with E-state index in [9.17, 15) is 4.79 Å². The van der Waals surface area contributed by atoms with Crippen molar-refractivity contribution in [2.45, 2.75) is 6.42 Å². The third-order valence-electron chi connectivity index (χ3n) is 1.04. The highest BCUT2D eigenvalue weighted by molar-refractivity contribution is 5.68. The Morgan fingerprint density at radius 1 is 1.91 bits per heavy atom. The molecule has 0 bridgehead atoms. The van der Waals surface area contributed by atoms with Gasteiger partial charge in [0.25, 0.3) is 5.88 Å². The fraction of sp³-hybridized carbons (Fsp3) is 0.333. The molecule has 1 heterocycles. The average Bonchev–Trinajstić information content (AvgIpc) is 2.34. The van der Waals surface area contributed by atoms with Crippen LogP contribution >= 0.6 is 0 Å². The Labute approximate surface area is 62.6 Å². The van der Waals surface area contributed by atoms with E-state index in [0.717, 1.165) is 0 Å². The van der Waals surface area contributed by atoms with Gasteiger partial charge in [0, 0.05) is 0 Å². The van der Waals surface area contributed by atoms with Crippen LogP contribution in [0.2, 0.25) is 0 Å². The molecule has 0 aliphatic carbocycles. The second-order valence-electron chi connectivity index (χ2n) is 1.85. The van der Waals surface area contributed by atoms with Crippen molar-refractivity contribution in [3.05, 3.63) is 12.2 Å². The molecular weight excluding hydrogens is 150 g/mol. The van der Waals surface area contributed by atoms with E-state index in [4.69, 9.17) is 9.52 Å². The molecule has 0 fully saturated rings. The number of hydrogen-bond donors (Lipinski definition) is 1. The van der Waals surface area contributed by atoms with Crippen molar-refractivity contribution in [1.29, 1.82) is 0 Å². The highest BCUT2D eigenvalue weighted by Gasteiger charge is 2.07. The molecule has 1 N–H and O–H groups in total. The summed E-state index contributed by atoms with van der Waals surface area (Å²) in [5.41, 5.74) is 0. The summed E-state index contributed by atoms with van der Waals surface area (Å²) in [5, 5.41) is 8.31. The van der Waals surface area contributed by atoms with Gasteiger partial charge in [0.05, 0.1) is 7.11 Å². The number of oxazole rings is 1. The minimum absolute atomic E-state index is 0.148. The van der Waals surface area contributed by atoms with Crippen molar-refractivity contribution in [3.8, 4) is 5.88 Å². The Hall–Kier alpha value is -1.52. The van der Waals surface area contributed by atoms with Crippen LogP contribution in [-0.4, -0.2) is 23.2 Å². The molecule has 0 aromatic carbocycles. The Kier molecular flexibility index (Phi) is 2.10. The van der Waals surface area contributed by atoms with Crippen LogP contribution in [0.4, 0.5) is 0 Å². The summed E-state index contributed by atoms with van der Waals surface area (Å²) in [4.78, 5) is 13.8. The lowest BCUT2D eigenvalue weighted by Gasteiger charge is -1.86. The second-order valence-corrected chi connectivity index (χ2v) is 1.85. The molecule has 0 aliphatic heterocycles. The number of ether oxygens (including phenoxy) is 1. The minimum atomic E-state index is -0.977. The van der Waals surface area contributed by atoms with Crippen LogP contribution in [0, 0.1) is 0 Å². The summed E-state index contributed by atoms with van der Waals surface area (Å²) in [6, 6.07) is 0. The number of hydrogen-bond acceptors (Lipinski definition) is 4. The number of carbonyl (C=O) groups is 1. The number of rotatable bonds is 3. The quantitative estimate of drug-likeness (QED) is 0.683. The highest BCUT2D eigenvalue weighted by Crippen LogP contribution is 2.08. The maximum Gasteiger partial charge on any atom is 0.312 e. The standard InChI is InChI=1S/C6H7NO4/c1-10-5-3-11-4(7-5)2-6(8)9/h3H,2H2,1H3,(H,8,9). The van der Waals surface area contributed by atoms with Gasteiger partial charge in [-0.1, -0.05) is 0 Å². The van der Waals surface area contributed by atoms with Gasteiger partial charge in [-0.15, -0.1) is 0 Å². The highest BCUT2D eigenvalue weighted by atomic mass is 16.5. The number of carboxylic acids is 1. The Bertz CT molecular complexity index is 255. The molecule has 0 radical (unpaired) electrons. The zero-order valence-corrected chi connectivity index (χ0v) is 5.90. The van der Waals surface area contributed by atoms with E-state index in [-0.39, 0.29) is 12.3 Å². The molecule has 1 aromatic heterocycles. The largest absolute Gasteiger partial charge is 0.481 e. The Morgan fingerprint density at radius 3 is 3.09 bits per heavy atom. The predicted octanol–water partition coefficient (Wildman–Crippen LogP) is 0.310. The van der Waals surface area contributed by atoms with Crippen LogP contribution in [0.25, 0.3) is 0 Å². The zero-order valence-electron chi connectivity index (χ0n) is 5.90. The van der Waals surface area contributed by atoms with E-state index in [2.05, 4.69) is 9.72 Å². The molecule has 0 atom stereocenters. The summed E-state index contributed by atoms with van der Waals surface area (Å²) in [6.45, 7) is 0. The van der Waals surface area contributed by atoms with Crippen LogP contribution in [0.15, 0.2) is 10.7 Å². The van der Waals surface area contributed by atoms with Crippen molar-refractivity contribution in [1.82, 2.24) is 4.98 Å². The van der Waals surface area contributed by atoms with E-state index in [1.165, 1.54) is 13.4 Å². The van der Waals surface area contributed by atoms with Crippen LogP contribution in [0.1, 0.15) is 5.89 Å². The third-order valence-corrected chi connectivity index (χ3v) is 1.04. The van der Waals surface area contributed by atoms with Crippen LogP contribution in [0.3, 0.4) is 0 Å². The summed E-state index contributed by atoms with van der Waals surface area (Å²) in [6.07, 6.45) is 1.04. The number of carboxylic acid groups (broad SMARTS) is 1. The van der Waals surface area contributed by atoms with Gasteiger partial charge >= 0.3 is 5.97 Å².